The van der Waals surface area contributed by atoms with Crippen molar-refractivity contribution < 1.29 is 14.3 Å². The molecule has 0 heterocycles. The molecule has 2 fully saturated rings. The quantitative estimate of drug-likeness (QED) is 0.446. The number of ether oxygens (including phenoxy) is 1. The van der Waals surface area contributed by atoms with Gasteiger partial charge in [-0.1, -0.05) is 31.4 Å². The normalized spacial score (nSPS) is 38.1. The van der Waals surface area contributed by atoms with Gasteiger partial charge >= 0.3 is 5.97 Å². The molecule has 0 aromatic heterocycles. The van der Waals surface area contributed by atoms with Gasteiger partial charge in [-0.05, 0) is 31.6 Å². The van der Waals surface area contributed by atoms with Gasteiger partial charge in [0.15, 0.2) is 11.9 Å². The molecule has 4 aliphatic carbocycles. The first-order valence-corrected chi connectivity index (χ1v) is 7.61. The van der Waals surface area contributed by atoms with Gasteiger partial charge in [0.05, 0.1) is 5.92 Å². The minimum absolute atomic E-state index is 0.0232. The number of esters is 1. The van der Waals surface area contributed by atoms with Crippen molar-refractivity contribution in [3.8, 4) is 0 Å². The molecule has 0 aliphatic heterocycles. The van der Waals surface area contributed by atoms with Gasteiger partial charge in [-0.25, -0.2) is 0 Å². The Bertz CT molecular complexity index is 395. The lowest BCUT2D eigenvalue weighted by Gasteiger charge is -2.44. The van der Waals surface area contributed by atoms with Crippen LogP contribution in [0.25, 0.3) is 0 Å². The highest BCUT2D eigenvalue weighted by atomic mass is 16.6. The van der Waals surface area contributed by atoms with Crippen molar-refractivity contribution in [2.75, 3.05) is 0 Å². The van der Waals surface area contributed by atoms with Crippen molar-refractivity contribution in [2.45, 2.75) is 57.0 Å². The third kappa shape index (κ3) is 2.35. The van der Waals surface area contributed by atoms with Gasteiger partial charge < -0.3 is 4.74 Å². The molecule has 4 aliphatic rings. The third-order valence-electron chi connectivity index (χ3n) is 5.10. The average molecular weight is 262 g/mol. The smallest absolute Gasteiger partial charge is 0.309 e. The standard InChI is InChI=1S/C16H22O3/c17-11-16(10-12-6-8-14(16)9-7-12)19-15(18)13-4-2-1-3-5-13/h6,8,11-14H,1-5,7,9-10H2/t12-,14+,16-/m1/s1. The molecule has 0 saturated heterocycles. The van der Waals surface area contributed by atoms with E-state index >= 15 is 0 Å². The van der Waals surface area contributed by atoms with Crippen LogP contribution in [0.4, 0.5) is 0 Å². The summed E-state index contributed by atoms with van der Waals surface area (Å²) in [6.07, 6.45) is 13.2. The van der Waals surface area contributed by atoms with E-state index in [1.54, 1.807) is 0 Å². The maximum atomic E-state index is 12.3. The minimum Gasteiger partial charge on any atom is -0.450 e. The van der Waals surface area contributed by atoms with Gasteiger partial charge in [0.2, 0.25) is 0 Å². The Balaban J connectivity index is 1.71. The lowest BCUT2D eigenvalue weighted by Crippen LogP contribution is -2.50. The fourth-order valence-corrected chi connectivity index (χ4v) is 3.90. The van der Waals surface area contributed by atoms with Crippen LogP contribution < -0.4 is 0 Å². The number of carbonyl (C=O) groups excluding carboxylic acids is 2. The highest BCUT2D eigenvalue weighted by Crippen LogP contribution is 2.45. The summed E-state index contributed by atoms with van der Waals surface area (Å²) in [5.41, 5.74) is -0.855. The maximum Gasteiger partial charge on any atom is 0.309 e. The number of fused-ring (bicyclic) bond motifs is 2. The summed E-state index contributed by atoms with van der Waals surface area (Å²) in [5.74, 6) is 0.402. The van der Waals surface area contributed by atoms with Crippen molar-refractivity contribution >= 4 is 12.3 Å². The topological polar surface area (TPSA) is 43.4 Å². The number of aldehydes is 1. The van der Waals surface area contributed by atoms with Crippen molar-refractivity contribution in [1.29, 1.82) is 0 Å². The molecule has 2 saturated carbocycles. The van der Waals surface area contributed by atoms with Crippen LogP contribution in [0.2, 0.25) is 0 Å². The highest BCUT2D eigenvalue weighted by molar-refractivity contribution is 5.77. The zero-order valence-corrected chi connectivity index (χ0v) is 11.3. The van der Waals surface area contributed by atoms with E-state index < -0.39 is 5.60 Å². The van der Waals surface area contributed by atoms with E-state index in [1.165, 1.54) is 6.42 Å². The average Bonchev–Trinajstić information content (AvgIpc) is 2.49. The van der Waals surface area contributed by atoms with E-state index in [1.807, 2.05) is 0 Å². The largest absolute Gasteiger partial charge is 0.450 e. The molecular weight excluding hydrogens is 240 g/mol. The van der Waals surface area contributed by atoms with Crippen molar-refractivity contribution in [1.82, 2.24) is 0 Å². The fourth-order valence-electron chi connectivity index (χ4n) is 3.90. The summed E-state index contributed by atoms with van der Waals surface area (Å²) in [6, 6.07) is 0. The number of hydrogen-bond acceptors (Lipinski definition) is 3. The second kappa shape index (κ2) is 5.10. The predicted molar refractivity (Wildman–Crippen MR) is 71.4 cm³/mol. The van der Waals surface area contributed by atoms with Crippen LogP contribution in [0.5, 0.6) is 0 Å². The van der Waals surface area contributed by atoms with Gasteiger partial charge in [0.25, 0.3) is 0 Å². The molecular formula is C16H22O3. The van der Waals surface area contributed by atoms with Crippen LogP contribution >= 0.6 is 0 Å². The Hall–Kier alpha value is -1.12. The van der Waals surface area contributed by atoms with Crippen LogP contribution in [-0.2, 0) is 14.3 Å². The third-order valence-corrected chi connectivity index (χ3v) is 5.10. The Morgan fingerprint density at radius 1 is 1.11 bits per heavy atom. The number of carbonyl (C=O) groups is 2. The SMILES string of the molecule is O=C[C@]1(OC(=O)C2CCCCC2)C[C@@H]2C=C[C@H]1CC2. The molecule has 0 N–H and O–H groups in total. The highest BCUT2D eigenvalue weighted by Gasteiger charge is 2.48. The number of hydrogen-bond donors (Lipinski definition) is 0. The molecule has 0 aromatic carbocycles. The van der Waals surface area contributed by atoms with Crippen LogP contribution in [-0.4, -0.2) is 17.9 Å². The van der Waals surface area contributed by atoms with Gasteiger partial charge in [-0.15, -0.1) is 0 Å². The first kappa shape index (κ1) is 12.9. The van der Waals surface area contributed by atoms with Crippen LogP contribution in [0.3, 0.4) is 0 Å². The second-order valence-electron chi connectivity index (χ2n) is 6.36. The zero-order chi connectivity index (χ0) is 13.3. The molecule has 0 aromatic rings. The van der Waals surface area contributed by atoms with E-state index in [2.05, 4.69) is 12.2 Å². The second-order valence-corrected chi connectivity index (χ2v) is 6.36. The van der Waals surface area contributed by atoms with Crippen molar-refractivity contribution in [3.63, 3.8) is 0 Å². The van der Waals surface area contributed by atoms with Gasteiger partial charge in [-0.3, -0.25) is 9.59 Å². The number of allylic oxidation sites excluding steroid dienone is 1. The van der Waals surface area contributed by atoms with E-state index in [0.29, 0.717) is 12.3 Å². The summed E-state index contributed by atoms with van der Waals surface area (Å²) in [7, 11) is 0. The summed E-state index contributed by atoms with van der Waals surface area (Å²) < 4.78 is 5.74. The summed E-state index contributed by atoms with van der Waals surface area (Å²) in [4.78, 5) is 23.9. The van der Waals surface area contributed by atoms with Crippen LogP contribution in [0.15, 0.2) is 12.2 Å². The first-order valence-electron chi connectivity index (χ1n) is 7.61. The molecule has 4 rings (SSSR count). The molecule has 19 heavy (non-hydrogen) atoms. The van der Waals surface area contributed by atoms with Crippen molar-refractivity contribution in [3.05, 3.63) is 12.2 Å². The lowest BCUT2D eigenvalue weighted by atomic mass is 9.66. The van der Waals surface area contributed by atoms with E-state index in [0.717, 1.165) is 44.8 Å². The zero-order valence-electron chi connectivity index (χ0n) is 11.3. The Labute approximate surface area is 114 Å². The van der Waals surface area contributed by atoms with Crippen LogP contribution in [0.1, 0.15) is 51.4 Å². The monoisotopic (exact) mass is 262 g/mol. The lowest BCUT2D eigenvalue weighted by molar-refractivity contribution is -0.177. The molecule has 3 heteroatoms. The predicted octanol–water partition coefficient (Wildman–Crippen LogP) is 3.03. The Morgan fingerprint density at radius 2 is 1.89 bits per heavy atom. The summed E-state index contributed by atoms with van der Waals surface area (Å²) in [5, 5.41) is 0. The molecule has 0 spiro atoms. The molecule has 3 nitrogen and oxygen atoms in total. The summed E-state index contributed by atoms with van der Waals surface area (Å²) in [6.45, 7) is 0. The summed E-state index contributed by atoms with van der Waals surface area (Å²) >= 11 is 0. The van der Waals surface area contributed by atoms with Gasteiger partial charge in [0.1, 0.15) is 0 Å². The van der Waals surface area contributed by atoms with E-state index in [-0.39, 0.29) is 17.8 Å². The molecule has 0 amide bonds. The molecule has 3 atom stereocenters. The van der Waals surface area contributed by atoms with Crippen LogP contribution in [0, 0.1) is 17.8 Å². The van der Waals surface area contributed by atoms with Crippen molar-refractivity contribution in [2.24, 2.45) is 17.8 Å². The molecule has 104 valence electrons. The van der Waals surface area contributed by atoms with E-state index in [9.17, 15) is 9.59 Å². The first-order chi connectivity index (χ1) is 9.23. The molecule has 0 radical (unpaired) electrons. The minimum atomic E-state index is -0.855. The van der Waals surface area contributed by atoms with Gasteiger partial charge in [0, 0.05) is 12.3 Å². The Morgan fingerprint density at radius 3 is 2.42 bits per heavy atom. The van der Waals surface area contributed by atoms with E-state index in [4.69, 9.17) is 4.74 Å². The fraction of sp³-hybridized carbons (Fsp3) is 0.750. The maximum absolute atomic E-state index is 12.3. The molecule has 2 bridgehead atoms. The molecule has 0 unspecified atom stereocenters. The van der Waals surface area contributed by atoms with Gasteiger partial charge in [-0.2, -0.15) is 0 Å². The number of rotatable bonds is 3. The Kier molecular flexibility index (Phi) is 3.46.